The summed E-state index contributed by atoms with van der Waals surface area (Å²) in [6.07, 6.45) is 1.22. The summed E-state index contributed by atoms with van der Waals surface area (Å²) in [5.41, 5.74) is 6.57. The summed E-state index contributed by atoms with van der Waals surface area (Å²) in [6.45, 7) is 7.95. The molecule has 0 aliphatic carbocycles. The van der Waals surface area contributed by atoms with E-state index in [-0.39, 0.29) is 35.8 Å². The minimum atomic E-state index is -0.0262. The molecule has 0 atom stereocenters. The second kappa shape index (κ2) is 13.6. The zero-order valence-electron chi connectivity index (χ0n) is 15.1. The highest BCUT2D eigenvalue weighted by Crippen LogP contribution is 2.29. The first-order valence-corrected chi connectivity index (χ1v) is 8.33. The van der Waals surface area contributed by atoms with E-state index in [9.17, 15) is 4.79 Å². The summed E-state index contributed by atoms with van der Waals surface area (Å²) < 4.78 is 11.0. The van der Waals surface area contributed by atoms with Crippen LogP contribution in [0.25, 0.3) is 0 Å². The summed E-state index contributed by atoms with van der Waals surface area (Å²) in [6, 6.07) is 5.47. The number of carbonyl (C=O) groups is 1. The van der Waals surface area contributed by atoms with Crippen molar-refractivity contribution in [2.24, 2.45) is 10.7 Å². The molecule has 0 bridgehead atoms. The maximum absolute atomic E-state index is 11.5. The molecule has 1 aromatic rings. The van der Waals surface area contributed by atoms with E-state index in [1.807, 2.05) is 39.0 Å². The number of benzene rings is 1. The maximum atomic E-state index is 11.5. The van der Waals surface area contributed by atoms with Gasteiger partial charge in [-0.1, -0.05) is 6.92 Å². The van der Waals surface area contributed by atoms with Crippen LogP contribution in [0, 0.1) is 0 Å². The molecule has 0 heterocycles. The molecule has 4 N–H and O–H groups in total. The molecule has 7 nitrogen and oxygen atoms in total. The lowest BCUT2D eigenvalue weighted by Crippen LogP contribution is -2.26. The molecule has 0 saturated heterocycles. The molecule has 0 aromatic heterocycles. The van der Waals surface area contributed by atoms with Gasteiger partial charge in [-0.3, -0.25) is 9.79 Å². The summed E-state index contributed by atoms with van der Waals surface area (Å²) in [7, 11) is 0. The Morgan fingerprint density at radius 1 is 1.20 bits per heavy atom. The lowest BCUT2D eigenvalue weighted by Gasteiger charge is -2.14. The molecule has 0 saturated carbocycles. The number of amides is 1. The van der Waals surface area contributed by atoms with E-state index < -0.39 is 0 Å². The smallest absolute Gasteiger partial charge is 0.221 e. The first-order chi connectivity index (χ1) is 11.6. The van der Waals surface area contributed by atoms with Gasteiger partial charge in [-0.15, -0.1) is 24.0 Å². The summed E-state index contributed by atoms with van der Waals surface area (Å²) in [5.74, 6) is 1.59. The van der Waals surface area contributed by atoms with Crippen molar-refractivity contribution in [3.63, 3.8) is 0 Å². The number of hydrogen-bond donors (Lipinski definition) is 3. The van der Waals surface area contributed by atoms with Gasteiger partial charge in [0.2, 0.25) is 5.91 Å². The van der Waals surface area contributed by atoms with E-state index in [1.165, 1.54) is 0 Å². The number of nitrogens with one attached hydrogen (secondary N) is 2. The Labute approximate surface area is 166 Å². The zero-order chi connectivity index (χ0) is 17.8. The first-order valence-electron chi connectivity index (χ1n) is 8.33. The van der Waals surface area contributed by atoms with Crippen molar-refractivity contribution < 1.29 is 14.3 Å². The molecule has 0 unspecified atom stereocenters. The number of guanidine groups is 1. The number of halogens is 1. The molecule has 0 radical (unpaired) electrons. The van der Waals surface area contributed by atoms with Gasteiger partial charge in [-0.25, -0.2) is 0 Å². The van der Waals surface area contributed by atoms with E-state index >= 15 is 0 Å². The Hall–Kier alpha value is -1.71. The molecule has 0 aliphatic heterocycles. The third kappa shape index (κ3) is 9.37. The molecule has 1 aromatic carbocycles. The minimum absolute atomic E-state index is 0. The van der Waals surface area contributed by atoms with Crippen LogP contribution >= 0.6 is 24.0 Å². The Morgan fingerprint density at radius 3 is 2.56 bits per heavy atom. The van der Waals surface area contributed by atoms with Crippen molar-refractivity contribution in [1.82, 2.24) is 5.32 Å². The number of carbonyl (C=O) groups excluding carboxylic acids is 1. The van der Waals surface area contributed by atoms with Gasteiger partial charge in [0, 0.05) is 19.0 Å². The summed E-state index contributed by atoms with van der Waals surface area (Å²) in [4.78, 5) is 15.7. The van der Waals surface area contributed by atoms with Crippen molar-refractivity contribution in [2.45, 2.75) is 33.6 Å². The second-order valence-electron chi connectivity index (χ2n) is 5.02. The normalized spacial score (nSPS) is 10.6. The minimum Gasteiger partial charge on any atom is -0.494 e. The summed E-state index contributed by atoms with van der Waals surface area (Å²) >= 11 is 0. The fraction of sp³-hybridized carbons (Fsp3) is 0.529. The Morgan fingerprint density at radius 2 is 1.92 bits per heavy atom. The monoisotopic (exact) mass is 464 g/mol. The summed E-state index contributed by atoms with van der Waals surface area (Å²) in [5, 5.41) is 5.80. The van der Waals surface area contributed by atoms with Crippen LogP contribution in [0.1, 0.15) is 33.6 Å². The molecular weight excluding hydrogens is 435 g/mol. The fourth-order valence-corrected chi connectivity index (χ4v) is 1.95. The average Bonchev–Trinajstić information content (AvgIpc) is 2.55. The van der Waals surface area contributed by atoms with Crippen LogP contribution < -0.4 is 25.8 Å². The fourth-order valence-electron chi connectivity index (χ4n) is 1.95. The number of aliphatic imine (C=N–C) groups is 1. The van der Waals surface area contributed by atoms with E-state index in [1.54, 1.807) is 0 Å². The van der Waals surface area contributed by atoms with Gasteiger partial charge in [0.1, 0.15) is 11.5 Å². The highest BCUT2D eigenvalue weighted by Gasteiger charge is 2.07. The van der Waals surface area contributed by atoms with E-state index in [0.717, 1.165) is 12.2 Å². The number of rotatable bonds is 10. The molecule has 1 amide bonds. The second-order valence-corrected chi connectivity index (χ2v) is 5.02. The largest absolute Gasteiger partial charge is 0.494 e. The Balaban J connectivity index is 0.00000576. The number of ether oxygens (including phenoxy) is 2. The van der Waals surface area contributed by atoms with E-state index in [4.69, 9.17) is 15.2 Å². The maximum Gasteiger partial charge on any atom is 0.221 e. The highest BCUT2D eigenvalue weighted by atomic mass is 127. The molecular formula is C17H29IN4O3. The molecule has 1 rings (SSSR count). The van der Waals surface area contributed by atoms with Gasteiger partial charge in [0.25, 0.3) is 0 Å². The standard InChI is InChI=1S/C17H28N4O3.HI/c1-4-10-19-16(22)9-11-20-17(18)21-14-12-13(23-5-2)7-8-15(14)24-6-3;/h7-8,12H,4-6,9-11H2,1-3H3,(H,19,22)(H3,18,20,21);1H. The van der Waals surface area contributed by atoms with E-state index in [2.05, 4.69) is 15.6 Å². The van der Waals surface area contributed by atoms with Crippen LogP contribution in [0.5, 0.6) is 11.5 Å². The van der Waals surface area contributed by atoms with Crippen LogP contribution in [0.4, 0.5) is 5.69 Å². The molecule has 25 heavy (non-hydrogen) atoms. The van der Waals surface area contributed by atoms with Crippen LogP contribution in [0.3, 0.4) is 0 Å². The van der Waals surface area contributed by atoms with Crippen molar-refractivity contribution in [3.8, 4) is 11.5 Å². The molecule has 8 heteroatoms. The SMILES string of the molecule is CCCNC(=O)CCN=C(N)Nc1cc(OCC)ccc1OCC.I. The van der Waals surface area contributed by atoms with Crippen LogP contribution in [-0.2, 0) is 4.79 Å². The van der Waals surface area contributed by atoms with E-state index in [0.29, 0.717) is 44.2 Å². The Kier molecular flexibility index (Phi) is 12.6. The van der Waals surface area contributed by atoms with Crippen molar-refractivity contribution in [1.29, 1.82) is 0 Å². The van der Waals surface area contributed by atoms with Gasteiger partial charge in [0.05, 0.1) is 25.4 Å². The third-order valence-corrected chi connectivity index (χ3v) is 3.02. The molecule has 0 fully saturated rings. The topological polar surface area (TPSA) is 98.0 Å². The highest BCUT2D eigenvalue weighted by molar-refractivity contribution is 14.0. The van der Waals surface area contributed by atoms with Crippen LogP contribution in [0.2, 0.25) is 0 Å². The third-order valence-electron chi connectivity index (χ3n) is 3.02. The first kappa shape index (κ1) is 23.3. The zero-order valence-corrected chi connectivity index (χ0v) is 17.5. The quantitative estimate of drug-likeness (QED) is 0.281. The van der Waals surface area contributed by atoms with Crippen LogP contribution in [0.15, 0.2) is 23.2 Å². The van der Waals surface area contributed by atoms with Gasteiger partial charge in [-0.05, 0) is 32.4 Å². The van der Waals surface area contributed by atoms with Gasteiger partial charge in [0.15, 0.2) is 5.96 Å². The average molecular weight is 464 g/mol. The van der Waals surface area contributed by atoms with Gasteiger partial charge < -0.3 is 25.8 Å². The van der Waals surface area contributed by atoms with Gasteiger partial charge in [-0.2, -0.15) is 0 Å². The van der Waals surface area contributed by atoms with Crippen molar-refractivity contribution in [2.75, 3.05) is 31.6 Å². The number of nitrogens with two attached hydrogens (primary N) is 1. The molecule has 0 spiro atoms. The number of anilines is 1. The van der Waals surface area contributed by atoms with Crippen molar-refractivity contribution in [3.05, 3.63) is 18.2 Å². The number of nitrogens with zero attached hydrogens (tertiary/aromatic N) is 1. The predicted octanol–water partition coefficient (Wildman–Crippen LogP) is 2.74. The Bertz CT molecular complexity index is 553. The van der Waals surface area contributed by atoms with Gasteiger partial charge >= 0.3 is 0 Å². The van der Waals surface area contributed by atoms with Crippen LogP contribution in [-0.4, -0.2) is 38.2 Å². The lowest BCUT2D eigenvalue weighted by molar-refractivity contribution is -0.120. The molecule has 0 aliphatic rings. The predicted molar refractivity (Wildman–Crippen MR) is 112 cm³/mol. The van der Waals surface area contributed by atoms with Crippen molar-refractivity contribution >= 4 is 41.5 Å². The number of hydrogen-bond acceptors (Lipinski definition) is 4. The lowest BCUT2D eigenvalue weighted by atomic mass is 10.2. The molecule has 142 valence electrons.